The molecule has 0 bridgehead atoms. The Hall–Kier alpha value is -1.86. The summed E-state index contributed by atoms with van der Waals surface area (Å²) < 4.78 is 37.0. The Labute approximate surface area is 102 Å². The molecule has 0 saturated heterocycles. The molecule has 1 aromatic carbocycles. The zero-order valence-electron chi connectivity index (χ0n) is 9.61. The number of nitrogens with two attached hydrogens (primary N) is 1. The Bertz CT molecular complexity index is 557. The van der Waals surface area contributed by atoms with E-state index in [0.29, 0.717) is 0 Å². The Morgan fingerprint density at radius 3 is 2.78 bits per heavy atom. The van der Waals surface area contributed by atoms with Crippen LogP contribution in [0.2, 0.25) is 0 Å². The van der Waals surface area contributed by atoms with Crippen molar-refractivity contribution in [2.45, 2.75) is 13.2 Å². The molecule has 0 atom stereocenters. The molecule has 2 rings (SSSR count). The molecule has 7 heteroatoms. The van der Waals surface area contributed by atoms with Gasteiger partial charge in [0.15, 0.2) is 0 Å². The fourth-order valence-electron chi connectivity index (χ4n) is 1.49. The molecular weight excluding hydrogens is 244 g/mol. The highest BCUT2D eigenvalue weighted by atomic mass is 19.1. The van der Waals surface area contributed by atoms with Gasteiger partial charge >= 0.3 is 0 Å². The first kappa shape index (κ1) is 12.6. The molecule has 0 saturated carbocycles. The molecule has 96 valence electrons. The summed E-state index contributed by atoms with van der Waals surface area (Å²) in [4.78, 5) is 3.88. The van der Waals surface area contributed by atoms with Crippen molar-refractivity contribution in [1.82, 2.24) is 10.1 Å². The average Bonchev–Trinajstić information content (AvgIpc) is 2.83. The van der Waals surface area contributed by atoms with Crippen LogP contribution in [0.4, 0.5) is 8.78 Å². The van der Waals surface area contributed by atoms with E-state index in [-0.39, 0.29) is 36.0 Å². The van der Waals surface area contributed by atoms with E-state index in [1.807, 2.05) is 0 Å². The van der Waals surface area contributed by atoms with Crippen molar-refractivity contribution >= 4 is 0 Å². The summed E-state index contributed by atoms with van der Waals surface area (Å²) in [6, 6.07) is 2.38. The lowest BCUT2D eigenvalue weighted by Gasteiger charge is -2.06. The molecule has 1 heterocycles. The summed E-state index contributed by atoms with van der Waals surface area (Å²) in [5.74, 6) is -1.23. The van der Waals surface area contributed by atoms with Gasteiger partial charge in [0.2, 0.25) is 11.7 Å². The summed E-state index contributed by atoms with van der Waals surface area (Å²) in [5.41, 5.74) is 5.19. The normalized spacial score (nSPS) is 10.9. The molecule has 0 aliphatic heterocycles. The van der Waals surface area contributed by atoms with Crippen molar-refractivity contribution in [2.24, 2.45) is 5.73 Å². The second kappa shape index (κ2) is 5.19. The second-order valence-electron chi connectivity index (χ2n) is 3.54. The van der Waals surface area contributed by atoms with Crippen molar-refractivity contribution in [3.63, 3.8) is 0 Å². The Kier molecular flexibility index (Phi) is 3.63. The molecule has 0 aliphatic rings. The molecule has 18 heavy (non-hydrogen) atoms. The van der Waals surface area contributed by atoms with Gasteiger partial charge in [0, 0.05) is 12.7 Å². The van der Waals surface area contributed by atoms with Gasteiger partial charge in [-0.25, -0.2) is 8.78 Å². The molecule has 0 unspecified atom stereocenters. The van der Waals surface area contributed by atoms with Crippen LogP contribution in [0.1, 0.15) is 11.5 Å². The predicted molar refractivity (Wildman–Crippen MR) is 58.3 cm³/mol. The third-order valence-corrected chi connectivity index (χ3v) is 2.36. The minimum Gasteiger partial charge on any atom is -0.380 e. The monoisotopic (exact) mass is 255 g/mol. The number of hydrogen-bond acceptors (Lipinski definition) is 5. The maximum absolute atomic E-state index is 14.0. The van der Waals surface area contributed by atoms with Gasteiger partial charge in [-0.2, -0.15) is 4.98 Å². The van der Waals surface area contributed by atoms with Crippen LogP contribution in [0.5, 0.6) is 0 Å². The summed E-state index contributed by atoms with van der Waals surface area (Å²) in [7, 11) is 1.35. The van der Waals surface area contributed by atoms with Gasteiger partial charge in [-0.1, -0.05) is 5.16 Å². The first-order valence-corrected chi connectivity index (χ1v) is 5.16. The molecule has 0 fully saturated rings. The van der Waals surface area contributed by atoms with E-state index in [0.717, 1.165) is 6.07 Å². The van der Waals surface area contributed by atoms with Crippen LogP contribution in [0.3, 0.4) is 0 Å². The topological polar surface area (TPSA) is 74.2 Å². The summed E-state index contributed by atoms with van der Waals surface area (Å²) in [6.45, 7) is -0.117. The third-order valence-electron chi connectivity index (χ3n) is 2.36. The van der Waals surface area contributed by atoms with E-state index in [2.05, 4.69) is 10.1 Å². The van der Waals surface area contributed by atoms with Crippen molar-refractivity contribution in [3.8, 4) is 11.4 Å². The number of ether oxygens (including phenoxy) is 1. The molecule has 0 spiro atoms. The lowest BCUT2D eigenvalue weighted by atomic mass is 10.1. The number of rotatable bonds is 4. The van der Waals surface area contributed by atoms with Crippen molar-refractivity contribution < 1.29 is 18.0 Å². The number of benzene rings is 1. The van der Waals surface area contributed by atoms with E-state index in [9.17, 15) is 8.78 Å². The van der Waals surface area contributed by atoms with Crippen LogP contribution in [0, 0.1) is 11.6 Å². The molecule has 2 N–H and O–H groups in total. The SMILES string of the molecule is COCc1c(F)ccc(-c2noc(CN)n2)c1F. The maximum Gasteiger partial charge on any atom is 0.240 e. The van der Waals surface area contributed by atoms with Gasteiger partial charge in [-0.15, -0.1) is 0 Å². The van der Waals surface area contributed by atoms with Crippen LogP contribution >= 0.6 is 0 Å². The second-order valence-corrected chi connectivity index (χ2v) is 3.54. The number of hydrogen-bond donors (Lipinski definition) is 1. The van der Waals surface area contributed by atoms with E-state index in [4.69, 9.17) is 15.0 Å². The van der Waals surface area contributed by atoms with Crippen molar-refractivity contribution in [3.05, 3.63) is 35.2 Å². The van der Waals surface area contributed by atoms with Crippen LogP contribution in [-0.2, 0) is 17.9 Å². The minimum atomic E-state index is -0.763. The number of aromatic nitrogens is 2. The van der Waals surface area contributed by atoms with E-state index in [1.165, 1.54) is 13.2 Å². The number of halogens is 2. The first-order valence-electron chi connectivity index (χ1n) is 5.16. The molecular formula is C11H11F2N3O2. The van der Waals surface area contributed by atoms with Crippen LogP contribution < -0.4 is 5.73 Å². The van der Waals surface area contributed by atoms with Crippen molar-refractivity contribution in [1.29, 1.82) is 0 Å². The molecule has 0 radical (unpaired) electrons. The summed E-state index contributed by atoms with van der Waals surface area (Å²) in [5, 5.41) is 3.58. The highest BCUT2D eigenvalue weighted by Crippen LogP contribution is 2.25. The van der Waals surface area contributed by atoms with Crippen molar-refractivity contribution in [2.75, 3.05) is 7.11 Å². The maximum atomic E-state index is 14.0. The van der Waals surface area contributed by atoms with Gasteiger partial charge in [-0.3, -0.25) is 0 Å². The van der Waals surface area contributed by atoms with Gasteiger partial charge in [0.25, 0.3) is 0 Å². The zero-order chi connectivity index (χ0) is 13.1. The standard InChI is InChI=1S/C11H11F2N3O2/c1-17-5-7-8(12)3-2-6(10(7)13)11-15-9(4-14)18-16-11/h2-3H,4-5,14H2,1H3. The van der Waals surface area contributed by atoms with E-state index in [1.54, 1.807) is 0 Å². The van der Waals surface area contributed by atoms with Crippen LogP contribution in [0.15, 0.2) is 16.7 Å². The van der Waals surface area contributed by atoms with Gasteiger partial charge < -0.3 is 15.0 Å². The van der Waals surface area contributed by atoms with Gasteiger partial charge in [0.1, 0.15) is 11.6 Å². The summed E-state index contributed by atoms with van der Waals surface area (Å²) in [6.07, 6.45) is 0. The predicted octanol–water partition coefficient (Wildman–Crippen LogP) is 1.62. The third kappa shape index (κ3) is 2.22. The lowest BCUT2D eigenvalue weighted by molar-refractivity contribution is 0.177. The molecule has 1 aromatic heterocycles. The number of nitrogens with zero attached hydrogens (tertiary/aromatic N) is 2. The molecule has 5 nitrogen and oxygen atoms in total. The zero-order valence-corrected chi connectivity index (χ0v) is 9.61. The van der Waals surface area contributed by atoms with E-state index < -0.39 is 11.6 Å². The van der Waals surface area contributed by atoms with Gasteiger partial charge in [0.05, 0.1) is 18.7 Å². The molecule has 0 aliphatic carbocycles. The Morgan fingerprint density at radius 2 is 2.17 bits per heavy atom. The Morgan fingerprint density at radius 1 is 1.39 bits per heavy atom. The Balaban J connectivity index is 2.48. The van der Waals surface area contributed by atoms with Crippen LogP contribution in [-0.4, -0.2) is 17.3 Å². The average molecular weight is 255 g/mol. The largest absolute Gasteiger partial charge is 0.380 e. The fraction of sp³-hybridized carbons (Fsp3) is 0.273. The fourth-order valence-corrected chi connectivity index (χ4v) is 1.49. The highest BCUT2D eigenvalue weighted by molar-refractivity contribution is 5.57. The summed E-state index contributed by atoms with van der Waals surface area (Å²) >= 11 is 0. The highest BCUT2D eigenvalue weighted by Gasteiger charge is 2.18. The quantitative estimate of drug-likeness (QED) is 0.898. The number of methoxy groups -OCH3 is 1. The molecule has 2 aromatic rings. The van der Waals surface area contributed by atoms with Gasteiger partial charge in [-0.05, 0) is 12.1 Å². The lowest BCUT2D eigenvalue weighted by Crippen LogP contribution is -2.01. The smallest absolute Gasteiger partial charge is 0.240 e. The van der Waals surface area contributed by atoms with E-state index >= 15 is 0 Å². The van der Waals surface area contributed by atoms with Crippen LogP contribution in [0.25, 0.3) is 11.4 Å². The molecule has 0 amide bonds. The minimum absolute atomic E-state index is 0.0327. The first-order chi connectivity index (χ1) is 8.67.